The molecule has 1 saturated heterocycles. The number of hydrogen-bond acceptors (Lipinski definition) is 3. The molecule has 1 saturated carbocycles. The highest BCUT2D eigenvalue weighted by molar-refractivity contribution is 7.71. The van der Waals surface area contributed by atoms with E-state index in [0.29, 0.717) is 10.5 Å². The summed E-state index contributed by atoms with van der Waals surface area (Å²) in [7, 11) is 0. The number of nitrogens with one attached hydrogen (secondary N) is 2. The van der Waals surface area contributed by atoms with E-state index in [1.807, 2.05) is 34.9 Å². The zero-order valence-corrected chi connectivity index (χ0v) is 17.2. The number of para-hydroxylation sites is 1. The molecule has 1 aromatic heterocycles. The largest absolute Gasteiger partial charge is 0.348 e. The second kappa shape index (κ2) is 9.05. The monoisotopic (exact) mass is 398 g/mol. The highest BCUT2D eigenvalue weighted by Gasteiger charge is 2.25. The maximum atomic E-state index is 12.9. The lowest BCUT2D eigenvalue weighted by molar-refractivity contribution is 0.0894. The number of carbonyl (C=O) groups excluding carboxylic acids is 1. The predicted molar refractivity (Wildman–Crippen MR) is 114 cm³/mol. The fourth-order valence-corrected chi connectivity index (χ4v) is 4.89. The second-order valence-corrected chi connectivity index (χ2v) is 8.59. The van der Waals surface area contributed by atoms with Gasteiger partial charge >= 0.3 is 0 Å². The van der Waals surface area contributed by atoms with Gasteiger partial charge in [-0.3, -0.25) is 9.36 Å². The molecule has 2 aliphatic rings. The molecule has 6 heteroatoms. The van der Waals surface area contributed by atoms with Crippen molar-refractivity contribution in [2.45, 2.75) is 51.0 Å². The first-order valence-corrected chi connectivity index (χ1v) is 11.0. The summed E-state index contributed by atoms with van der Waals surface area (Å²) in [4.78, 5) is 18.5. The number of likely N-dealkylation sites (tertiary alicyclic amines) is 1. The summed E-state index contributed by atoms with van der Waals surface area (Å²) in [6.07, 6.45) is 10.8. The third-order valence-corrected chi connectivity index (χ3v) is 6.49. The van der Waals surface area contributed by atoms with Gasteiger partial charge in [-0.1, -0.05) is 37.5 Å². The first-order valence-electron chi connectivity index (χ1n) is 10.6. The Morgan fingerprint density at radius 3 is 2.50 bits per heavy atom. The molecule has 0 spiro atoms. The smallest absolute Gasteiger partial charge is 0.270 e. The molecule has 1 amide bonds. The van der Waals surface area contributed by atoms with Gasteiger partial charge in [0.15, 0.2) is 4.77 Å². The van der Waals surface area contributed by atoms with E-state index >= 15 is 0 Å². The summed E-state index contributed by atoms with van der Waals surface area (Å²) >= 11 is 5.39. The Bertz CT molecular complexity index is 830. The van der Waals surface area contributed by atoms with Crippen molar-refractivity contribution in [2.75, 3.05) is 19.6 Å². The average molecular weight is 399 g/mol. The minimum absolute atomic E-state index is 0.0538. The lowest BCUT2D eigenvalue weighted by atomic mass is 9.88. The van der Waals surface area contributed by atoms with Crippen molar-refractivity contribution in [3.05, 3.63) is 47.0 Å². The number of amides is 1. The molecule has 4 rings (SSSR count). The van der Waals surface area contributed by atoms with Gasteiger partial charge in [0, 0.05) is 37.6 Å². The van der Waals surface area contributed by atoms with E-state index in [1.54, 1.807) is 6.20 Å². The molecule has 2 N–H and O–H groups in total. The number of carbonyl (C=O) groups is 1. The van der Waals surface area contributed by atoms with Crippen molar-refractivity contribution in [1.82, 2.24) is 19.8 Å². The van der Waals surface area contributed by atoms with Gasteiger partial charge < -0.3 is 15.2 Å². The molecule has 0 unspecified atom stereocenters. The van der Waals surface area contributed by atoms with Crippen molar-refractivity contribution in [3.8, 4) is 5.69 Å². The molecular weight excluding hydrogens is 368 g/mol. The molecule has 2 aromatic rings. The maximum Gasteiger partial charge on any atom is 0.270 e. The third kappa shape index (κ3) is 4.55. The molecule has 0 bridgehead atoms. The van der Waals surface area contributed by atoms with E-state index < -0.39 is 0 Å². The Hall–Kier alpha value is -1.92. The van der Waals surface area contributed by atoms with Crippen LogP contribution in [0.1, 0.15) is 55.4 Å². The van der Waals surface area contributed by atoms with Crippen LogP contribution in [0.25, 0.3) is 5.69 Å². The van der Waals surface area contributed by atoms with E-state index in [0.717, 1.165) is 37.5 Å². The Morgan fingerprint density at radius 1 is 1.07 bits per heavy atom. The zero-order chi connectivity index (χ0) is 19.3. The zero-order valence-electron chi connectivity index (χ0n) is 16.4. The molecule has 5 nitrogen and oxygen atoms in total. The second-order valence-electron chi connectivity index (χ2n) is 8.20. The molecule has 2 heterocycles. The van der Waals surface area contributed by atoms with Gasteiger partial charge in [-0.15, -0.1) is 0 Å². The lowest BCUT2D eigenvalue weighted by Gasteiger charge is -2.35. The van der Waals surface area contributed by atoms with Crippen molar-refractivity contribution in [2.24, 2.45) is 5.92 Å². The number of aromatic nitrogens is 2. The van der Waals surface area contributed by atoms with Crippen LogP contribution >= 0.6 is 12.2 Å². The molecule has 0 radical (unpaired) electrons. The Morgan fingerprint density at radius 2 is 1.79 bits per heavy atom. The van der Waals surface area contributed by atoms with Crippen molar-refractivity contribution >= 4 is 18.1 Å². The lowest BCUT2D eigenvalue weighted by Crippen LogP contribution is -2.46. The number of imidazole rings is 1. The summed E-state index contributed by atoms with van der Waals surface area (Å²) in [5.74, 6) is 0.831. The van der Waals surface area contributed by atoms with Crippen LogP contribution < -0.4 is 5.32 Å². The number of aromatic amines is 1. The van der Waals surface area contributed by atoms with Crippen LogP contribution in [-0.4, -0.2) is 46.0 Å². The summed E-state index contributed by atoms with van der Waals surface area (Å²) in [6, 6.07) is 10.0. The maximum absolute atomic E-state index is 12.9. The van der Waals surface area contributed by atoms with Gasteiger partial charge in [-0.2, -0.15) is 0 Å². The van der Waals surface area contributed by atoms with E-state index in [4.69, 9.17) is 12.2 Å². The van der Waals surface area contributed by atoms with Crippen LogP contribution in [-0.2, 0) is 0 Å². The van der Waals surface area contributed by atoms with Gasteiger partial charge in [0.1, 0.15) is 5.69 Å². The van der Waals surface area contributed by atoms with E-state index in [9.17, 15) is 4.79 Å². The minimum Gasteiger partial charge on any atom is -0.348 e. The first-order chi connectivity index (χ1) is 13.7. The van der Waals surface area contributed by atoms with E-state index in [2.05, 4.69) is 15.2 Å². The van der Waals surface area contributed by atoms with Gasteiger partial charge in [-0.05, 0) is 56.0 Å². The predicted octanol–water partition coefficient (Wildman–Crippen LogP) is 4.31. The fraction of sp³-hybridized carbons (Fsp3) is 0.545. The van der Waals surface area contributed by atoms with E-state index in [-0.39, 0.29) is 11.9 Å². The van der Waals surface area contributed by atoms with E-state index in [1.165, 1.54) is 38.6 Å². The first kappa shape index (κ1) is 19.4. The highest BCUT2D eigenvalue weighted by atomic mass is 32.1. The standard InChI is InChI=1S/C22H30N4OS/c27-21(20-15-23-22(28)26(20)19-9-5-2-6-10-19)24-18-11-13-25(14-12-18)16-17-7-3-1-4-8-17/h2,5-6,9-10,15,17-18H,1,3-4,7-8,11-14,16H2,(H,23,28)(H,24,27). The fourth-order valence-electron chi connectivity index (χ4n) is 4.62. The van der Waals surface area contributed by atoms with Crippen LogP contribution in [0.15, 0.2) is 36.5 Å². The quantitative estimate of drug-likeness (QED) is 0.738. The van der Waals surface area contributed by atoms with Crippen LogP contribution in [0, 0.1) is 10.7 Å². The molecule has 1 aromatic carbocycles. The number of hydrogen-bond donors (Lipinski definition) is 2. The number of piperidine rings is 1. The Labute approximate surface area is 172 Å². The third-order valence-electron chi connectivity index (χ3n) is 6.19. The summed E-state index contributed by atoms with van der Waals surface area (Å²) < 4.78 is 2.35. The SMILES string of the molecule is O=C(NC1CCN(CC2CCCCC2)CC1)c1c[nH]c(=S)n1-c1ccccc1. The average Bonchev–Trinajstić information content (AvgIpc) is 3.12. The van der Waals surface area contributed by atoms with Gasteiger partial charge in [-0.25, -0.2) is 0 Å². The molecular formula is C22H30N4OS. The van der Waals surface area contributed by atoms with Gasteiger partial charge in [0.25, 0.3) is 5.91 Å². The molecule has 1 aliphatic heterocycles. The molecule has 1 aliphatic carbocycles. The normalized spacial score (nSPS) is 19.6. The van der Waals surface area contributed by atoms with Crippen LogP contribution in [0.3, 0.4) is 0 Å². The molecule has 150 valence electrons. The molecule has 28 heavy (non-hydrogen) atoms. The van der Waals surface area contributed by atoms with Crippen LogP contribution in [0.2, 0.25) is 0 Å². The van der Waals surface area contributed by atoms with Crippen molar-refractivity contribution in [1.29, 1.82) is 0 Å². The highest BCUT2D eigenvalue weighted by Crippen LogP contribution is 2.25. The van der Waals surface area contributed by atoms with Gasteiger partial charge in [0.05, 0.1) is 0 Å². The summed E-state index contributed by atoms with van der Waals surface area (Å²) in [5.41, 5.74) is 1.47. The Balaban J connectivity index is 1.34. The topological polar surface area (TPSA) is 53.1 Å². The van der Waals surface area contributed by atoms with Crippen LogP contribution in [0.5, 0.6) is 0 Å². The number of rotatable bonds is 5. The van der Waals surface area contributed by atoms with Crippen molar-refractivity contribution < 1.29 is 4.79 Å². The number of nitrogens with zero attached hydrogens (tertiary/aromatic N) is 2. The number of benzene rings is 1. The van der Waals surface area contributed by atoms with Crippen molar-refractivity contribution in [3.63, 3.8) is 0 Å². The Kier molecular flexibility index (Phi) is 6.27. The van der Waals surface area contributed by atoms with Crippen LogP contribution in [0.4, 0.5) is 0 Å². The molecule has 2 fully saturated rings. The van der Waals surface area contributed by atoms with Gasteiger partial charge in [0.2, 0.25) is 0 Å². The minimum atomic E-state index is -0.0538. The summed E-state index contributed by atoms with van der Waals surface area (Å²) in [6.45, 7) is 3.41. The summed E-state index contributed by atoms with van der Waals surface area (Å²) in [5, 5.41) is 3.23. The number of H-pyrrole nitrogens is 1. The molecule has 0 atom stereocenters.